The van der Waals surface area contributed by atoms with Crippen molar-refractivity contribution in [1.82, 2.24) is 15.0 Å². The van der Waals surface area contributed by atoms with Gasteiger partial charge in [0.1, 0.15) is 0 Å². The lowest BCUT2D eigenvalue weighted by molar-refractivity contribution is 0.199. The third-order valence-corrected chi connectivity index (χ3v) is 3.76. The van der Waals surface area contributed by atoms with Crippen molar-refractivity contribution >= 4 is 23.4 Å². The van der Waals surface area contributed by atoms with Crippen LogP contribution in [0.1, 0.15) is 5.69 Å². The van der Waals surface area contributed by atoms with E-state index < -0.39 is 6.10 Å². The van der Waals surface area contributed by atoms with E-state index in [1.54, 1.807) is 16.4 Å². The zero-order valence-corrected chi connectivity index (χ0v) is 11.5. The van der Waals surface area contributed by atoms with Crippen molar-refractivity contribution in [2.24, 2.45) is 7.05 Å². The van der Waals surface area contributed by atoms with Gasteiger partial charge < -0.3 is 5.11 Å². The van der Waals surface area contributed by atoms with Crippen molar-refractivity contribution in [3.05, 3.63) is 41.2 Å². The molecule has 0 aliphatic carbocycles. The van der Waals surface area contributed by atoms with E-state index in [9.17, 15) is 5.11 Å². The van der Waals surface area contributed by atoms with Gasteiger partial charge in [0.2, 0.25) is 0 Å². The lowest BCUT2D eigenvalue weighted by atomic mass is 10.2. The summed E-state index contributed by atoms with van der Waals surface area (Å²) in [6.07, 6.45) is 1.91. The van der Waals surface area contributed by atoms with Gasteiger partial charge in [-0.25, -0.2) is 0 Å². The van der Waals surface area contributed by atoms with Crippen LogP contribution < -0.4 is 0 Å². The van der Waals surface area contributed by atoms with E-state index in [1.165, 1.54) is 0 Å². The number of thioether (sulfide) groups is 1. The standard InChI is InChI=1S/C12H14ClN3OS/c1-16-7-10(14-15-16)6-11(17)8-18-12-4-2-9(13)3-5-12/h2-5,7,11,17H,6,8H2,1H3. The minimum atomic E-state index is -0.428. The van der Waals surface area contributed by atoms with Crippen molar-refractivity contribution < 1.29 is 5.11 Å². The molecule has 0 aliphatic rings. The molecule has 0 saturated heterocycles. The van der Waals surface area contributed by atoms with Crippen molar-refractivity contribution in [2.75, 3.05) is 5.75 Å². The van der Waals surface area contributed by atoms with Crippen LogP contribution in [0.3, 0.4) is 0 Å². The maximum Gasteiger partial charge on any atom is 0.0853 e. The predicted octanol–water partition coefficient (Wildman–Crippen LogP) is 2.16. The zero-order chi connectivity index (χ0) is 13.0. The maximum absolute atomic E-state index is 9.90. The molecule has 18 heavy (non-hydrogen) atoms. The first kappa shape index (κ1) is 13.4. The second kappa shape index (κ2) is 6.22. The normalized spacial score (nSPS) is 12.6. The maximum atomic E-state index is 9.90. The third kappa shape index (κ3) is 4.01. The van der Waals surface area contributed by atoms with Crippen molar-refractivity contribution in [1.29, 1.82) is 0 Å². The van der Waals surface area contributed by atoms with E-state index >= 15 is 0 Å². The van der Waals surface area contributed by atoms with Gasteiger partial charge in [-0.05, 0) is 24.3 Å². The monoisotopic (exact) mass is 283 g/mol. The van der Waals surface area contributed by atoms with Crippen LogP contribution in [0.4, 0.5) is 0 Å². The van der Waals surface area contributed by atoms with Crippen LogP contribution in [-0.2, 0) is 13.5 Å². The lowest BCUT2D eigenvalue weighted by Crippen LogP contribution is -2.13. The van der Waals surface area contributed by atoms with Crippen LogP contribution in [0.25, 0.3) is 0 Å². The van der Waals surface area contributed by atoms with Gasteiger partial charge in [-0.1, -0.05) is 16.8 Å². The highest BCUT2D eigenvalue weighted by Crippen LogP contribution is 2.21. The van der Waals surface area contributed by atoms with Gasteiger partial charge in [0.25, 0.3) is 0 Å². The number of aliphatic hydroxyl groups excluding tert-OH is 1. The van der Waals surface area contributed by atoms with Crippen LogP contribution in [0.5, 0.6) is 0 Å². The molecule has 1 N–H and O–H groups in total. The summed E-state index contributed by atoms with van der Waals surface area (Å²) in [5.41, 5.74) is 0.807. The Morgan fingerprint density at radius 3 is 2.72 bits per heavy atom. The van der Waals surface area contributed by atoms with Gasteiger partial charge in [0, 0.05) is 35.3 Å². The highest BCUT2D eigenvalue weighted by atomic mass is 35.5. The first-order chi connectivity index (χ1) is 8.63. The van der Waals surface area contributed by atoms with Gasteiger partial charge in [-0.2, -0.15) is 0 Å². The number of benzene rings is 1. The van der Waals surface area contributed by atoms with E-state index in [2.05, 4.69) is 10.3 Å². The largest absolute Gasteiger partial charge is 0.392 e. The van der Waals surface area contributed by atoms with Gasteiger partial charge in [0.05, 0.1) is 11.8 Å². The first-order valence-electron chi connectivity index (χ1n) is 5.55. The average Bonchev–Trinajstić information content (AvgIpc) is 2.74. The minimum Gasteiger partial charge on any atom is -0.392 e. The third-order valence-electron chi connectivity index (χ3n) is 2.35. The van der Waals surface area contributed by atoms with Crippen molar-refractivity contribution in [2.45, 2.75) is 17.4 Å². The first-order valence-corrected chi connectivity index (χ1v) is 6.91. The summed E-state index contributed by atoms with van der Waals surface area (Å²) in [5.74, 6) is 0.623. The van der Waals surface area contributed by atoms with E-state index in [4.69, 9.17) is 11.6 Å². The molecular formula is C12H14ClN3OS. The Hall–Kier alpha value is -1.04. The SMILES string of the molecule is Cn1cc(CC(O)CSc2ccc(Cl)cc2)nn1. The molecule has 0 fully saturated rings. The van der Waals surface area contributed by atoms with E-state index in [1.807, 2.05) is 37.5 Å². The van der Waals surface area contributed by atoms with Crippen LogP contribution in [0, 0.1) is 0 Å². The molecule has 2 rings (SSSR count). The molecule has 4 nitrogen and oxygen atoms in total. The molecule has 6 heteroatoms. The molecule has 1 atom stereocenters. The van der Waals surface area contributed by atoms with Gasteiger partial charge in [0.15, 0.2) is 0 Å². The number of rotatable bonds is 5. The Morgan fingerprint density at radius 2 is 2.11 bits per heavy atom. The molecule has 1 heterocycles. The topological polar surface area (TPSA) is 50.9 Å². The summed E-state index contributed by atoms with van der Waals surface area (Å²) < 4.78 is 1.63. The molecule has 0 bridgehead atoms. The van der Waals surface area contributed by atoms with E-state index in [0.717, 1.165) is 15.6 Å². The quantitative estimate of drug-likeness (QED) is 0.855. The molecule has 2 aromatic rings. The summed E-state index contributed by atoms with van der Waals surface area (Å²) in [6.45, 7) is 0. The molecule has 0 saturated carbocycles. The molecule has 0 amide bonds. The Morgan fingerprint density at radius 1 is 1.39 bits per heavy atom. The van der Waals surface area contributed by atoms with Crippen LogP contribution >= 0.6 is 23.4 Å². The number of nitrogens with zero attached hydrogens (tertiary/aromatic N) is 3. The van der Waals surface area contributed by atoms with Gasteiger partial charge in [-0.3, -0.25) is 4.68 Å². The Labute approximate surface area is 115 Å². The number of halogens is 1. The lowest BCUT2D eigenvalue weighted by Gasteiger charge is -2.08. The molecule has 0 radical (unpaired) electrons. The van der Waals surface area contributed by atoms with Gasteiger partial charge in [-0.15, -0.1) is 16.9 Å². The van der Waals surface area contributed by atoms with Crippen molar-refractivity contribution in [3.63, 3.8) is 0 Å². The average molecular weight is 284 g/mol. The Balaban J connectivity index is 1.81. The summed E-state index contributed by atoms with van der Waals surface area (Å²) in [6, 6.07) is 7.59. The van der Waals surface area contributed by atoms with Crippen LogP contribution in [0.2, 0.25) is 5.02 Å². The number of aryl methyl sites for hydroxylation is 1. The van der Waals surface area contributed by atoms with Gasteiger partial charge >= 0.3 is 0 Å². The highest BCUT2D eigenvalue weighted by Gasteiger charge is 2.09. The number of hydrogen-bond acceptors (Lipinski definition) is 4. The number of aromatic nitrogens is 3. The van der Waals surface area contributed by atoms with E-state index in [0.29, 0.717) is 12.2 Å². The van der Waals surface area contributed by atoms with E-state index in [-0.39, 0.29) is 0 Å². The minimum absolute atomic E-state index is 0.428. The summed E-state index contributed by atoms with van der Waals surface area (Å²) in [7, 11) is 1.81. The molecule has 96 valence electrons. The predicted molar refractivity (Wildman–Crippen MR) is 72.9 cm³/mol. The molecule has 1 unspecified atom stereocenters. The Kier molecular flexibility index (Phi) is 4.63. The summed E-state index contributed by atoms with van der Waals surface area (Å²) >= 11 is 7.41. The fourth-order valence-corrected chi connectivity index (χ4v) is 2.47. The number of hydrogen-bond donors (Lipinski definition) is 1. The zero-order valence-electron chi connectivity index (χ0n) is 9.95. The summed E-state index contributed by atoms with van der Waals surface area (Å²) in [5, 5.41) is 18.4. The summed E-state index contributed by atoms with van der Waals surface area (Å²) in [4.78, 5) is 1.09. The molecule has 1 aromatic carbocycles. The highest BCUT2D eigenvalue weighted by molar-refractivity contribution is 7.99. The fraction of sp³-hybridized carbons (Fsp3) is 0.333. The molecule has 0 aliphatic heterocycles. The number of aliphatic hydroxyl groups is 1. The Bertz CT molecular complexity index is 500. The second-order valence-corrected chi connectivity index (χ2v) is 5.54. The van der Waals surface area contributed by atoms with Crippen LogP contribution in [-0.4, -0.2) is 32.0 Å². The van der Waals surface area contributed by atoms with Crippen molar-refractivity contribution in [3.8, 4) is 0 Å². The fourth-order valence-electron chi connectivity index (χ4n) is 1.51. The molecule has 0 spiro atoms. The van der Waals surface area contributed by atoms with Crippen LogP contribution in [0.15, 0.2) is 35.4 Å². The smallest absolute Gasteiger partial charge is 0.0853 e. The molecule has 1 aromatic heterocycles. The molecular weight excluding hydrogens is 270 g/mol. The second-order valence-electron chi connectivity index (χ2n) is 4.01.